The number of aromatic nitrogens is 1. The van der Waals surface area contributed by atoms with Crippen molar-refractivity contribution in [2.45, 2.75) is 31.7 Å². The van der Waals surface area contributed by atoms with E-state index in [9.17, 15) is 4.79 Å². The topological polar surface area (TPSA) is 36.4 Å². The van der Waals surface area contributed by atoms with Gasteiger partial charge in [-0.15, -0.1) is 0 Å². The maximum Gasteiger partial charge on any atom is 0.255 e. The molecule has 1 fully saturated rings. The molecule has 20 heavy (non-hydrogen) atoms. The SMILES string of the molecule is CN(C)CCN(C(=O)c1cncc(Br)c1)C1CCCC1. The number of pyridine rings is 1. The molecule has 4 nitrogen and oxygen atoms in total. The van der Waals surface area contributed by atoms with Gasteiger partial charge in [0.1, 0.15) is 0 Å². The Bertz CT molecular complexity index is 458. The van der Waals surface area contributed by atoms with Gasteiger partial charge in [-0.25, -0.2) is 0 Å². The highest BCUT2D eigenvalue weighted by atomic mass is 79.9. The quantitative estimate of drug-likeness (QED) is 0.827. The Balaban J connectivity index is 2.14. The standard InChI is InChI=1S/C15H22BrN3O/c1-18(2)7-8-19(14-5-3-4-6-14)15(20)12-9-13(16)11-17-10-12/h9-11,14H,3-8H2,1-2H3. The molecule has 0 atom stereocenters. The normalized spacial score (nSPS) is 15.8. The average Bonchev–Trinajstić information content (AvgIpc) is 2.92. The number of rotatable bonds is 5. The highest BCUT2D eigenvalue weighted by Crippen LogP contribution is 2.25. The summed E-state index contributed by atoms with van der Waals surface area (Å²) in [6, 6.07) is 2.24. The summed E-state index contributed by atoms with van der Waals surface area (Å²) in [5.41, 5.74) is 0.671. The van der Waals surface area contributed by atoms with Crippen LogP contribution < -0.4 is 0 Å². The minimum absolute atomic E-state index is 0.104. The van der Waals surface area contributed by atoms with Crippen LogP contribution in [0.5, 0.6) is 0 Å². The highest BCUT2D eigenvalue weighted by molar-refractivity contribution is 9.10. The average molecular weight is 340 g/mol. The first-order valence-electron chi connectivity index (χ1n) is 7.14. The molecule has 1 amide bonds. The van der Waals surface area contributed by atoms with Gasteiger partial charge in [-0.2, -0.15) is 0 Å². The van der Waals surface area contributed by atoms with Crippen LogP contribution in [0.15, 0.2) is 22.9 Å². The summed E-state index contributed by atoms with van der Waals surface area (Å²) < 4.78 is 0.849. The first kappa shape index (κ1) is 15.4. The molecule has 0 radical (unpaired) electrons. The Morgan fingerprint density at radius 3 is 2.60 bits per heavy atom. The van der Waals surface area contributed by atoms with E-state index in [2.05, 4.69) is 25.8 Å². The van der Waals surface area contributed by atoms with Crippen LogP contribution in [0.4, 0.5) is 0 Å². The Morgan fingerprint density at radius 2 is 2.00 bits per heavy atom. The molecule has 1 saturated carbocycles. The van der Waals surface area contributed by atoms with E-state index in [0.29, 0.717) is 11.6 Å². The molecule has 1 heterocycles. The summed E-state index contributed by atoms with van der Waals surface area (Å²) in [5.74, 6) is 0.104. The van der Waals surface area contributed by atoms with Gasteiger partial charge in [-0.05, 0) is 48.9 Å². The van der Waals surface area contributed by atoms with Crippen molar-refractivity contribution in [3.05, 3.63) is 28.5 Å². The lowest BCUT2D eigenvalue weighted by Gasteiger charge is -2.30. The summed E-state index contributed by atoms with van der Waals surface area (Å²) in [5, 5.41) is 0. The number of nitrogens with zero attached hydrogens (tertiary/aromatic N) is 3. The number of carbonyl (C=O) groups is 1. The molecule has 0 unspecified atom stereocenters. The lowest BCUT2D eigenvalue weighted by atomic mass is 10.1. The molecular weight excluding hydrogens is 318 g/mol. The molecule has 110 valence electrons. The highest BCUT2D eigenvalue weighted by Gasteiger charge is 2.27. The summed E-state index contributed by atoms with van der Waals surface area (Å²) in [7, 11) is 4.08. The zero-order valence-corrected chi connectivity index (χ0v) is 13.8. The predicted octanol–water partition coefficient (Wildman–Crippen LogP) is 2.79. The molecule has 1 aliphatic rings. The Kier molecular flexibility index (Phi) is 5.54. The van der Waals surface area contributed by atoms with Crippen molar-refractivity contribution < 1.29 is 4.79 Å². The predicted molar refractivity (Wildman–Crippen MR) is 83.8 cm³/mol. The van der Waals surface area contributed by atoms with Gasteiger partial charge in [-0.1, -0.05) is 12.8 Å². The largest absolute Gasteiger partial charge is 0.334 e. The molecule has 1 aromatic heterocycles. The number of amides is 1. The fourth-order valence-electron chi connectivity index (χ4n) is 2.67. The van der Waals surface area contributed by atoms with Crippen LogP contribution in [0.2, 0.25) is 0 Å². The molecule has 0 spiro atoms. The van der Waals surface area contributed by atoms with E-state index in [-0.39, 0.29) is 5.91 Å². The van der Waals surface area contributed by atoms with E-state index in [1.165, 1.54) is 12.8 Å². The lowest BCUT2D eigenvalue weighted by Crippen LogP contribution is -2.42. The van der Waals surface area contributed by atoms with Gasteiger partial charge in [0, 0.05) is 36.0 Å². The van der Waals surface area contributed by atoms with Crippen LogP contribution in [0.3, 0.4) is 0 Å². The zero-order valence-electron chi connectivity index (χ0n) is 12.2. The van der Waals surface area contributed by atoms with Crippen molar-refractivity contribution in [3.8, 4) is 0 Å². The summed E-state index contributed by atoms with van der Waals surface area (Å²) in [6.07, 6.45) is 8.07. The molecule has 0 bridgehead atoms. The van der Waals surface area contributed by atoms with Crippen molar-refractivity contribution in [3.63, 3.8) is 0 Å². The number of carbonyl (C=O) groups excluding carboxylic acids is 1. The number of hydrogen-bond acceptors (Lipinski definition) is 3. The van der Waals surface area contributed by atoms with Gasteiger partial charge < -0.3 is 9.80 Å². The van der Waals surface area contributed by atoms with Gasteiger partial charge in [0.05, 0.1) is 5.56 Å². The third-order valence-corrected chi connectivity index (χ3v) is 4.20. The first-order valence-corrected chi connectivity index (χ1v) is 7.93. The van der Waals surface area contributed by atoms with Gasteiger partial charge >= 0.3 is 0 Å². The van der Waals surface area contributed by atoms with Crippen LogP contribution >= 0.6 is 15.9 Å². The van der Waals surface area contributed by atoms with Crippen LogP contribution in [-0.4, -0.2) is 53.9 Å². The van der Waals surface area contributed by atoms with Crippen LogP contribution in [0.1, 0.15) is 36.0 Å². The van der Waals surface area contributed by atoms with Crippen molar-refractivity contribution >= 4 is 21.8 Å². The molecule has 2 rings (SSSR count). The summed E-state index contributed by atoms with van der Waals surface area (Å²) >= 11 is 3.38. The third kappa shape index (κ3) is 4.03. The van der Waals surface area contributed by atoms with Crippen LogP contribution in [0.25, 0.3) is 0 Å². The number of hydrogen-bond donors (Lipinski definition) is 0. The summed E-state index contributed by atoms with van der Waals surface area (Å²) in [6.45, 7) is 1.67. The van der Waals surface area contributed by atoms with E-state index < -0.39 is 0 Å². The minimum Gasteiger partial charge on any atom is -0.334 e. The first-order chi connectivity index (χ1) is 9.58. The second-order valence-electron chi connectivity index (χ2n) is 5.63. The van der Waals surface area contributed by atoms with Crippen molar-refractivity contribution in [1.29, 1.82) is 0 Å². The van der Waals surface area contributed by atoms with Crippen LogP contribution in [0, 0.1) is 0 Å². The lowest BCUT2D eigenvalue weighted by molar-refractivity contribution is 0.0667. The third-order valence-electron chi connectivity index (χ3n) is 3.77. The fourth-order valence-corrected chi connectivity index (χ4v) is 3.03. The van der Waals surface area contributed by atoms with E-state index in [0.717, 1.165) is 30.4 Å². The Labute approximate surface area is 129 Å². The molecule has 0 N–H and O–H groups in total. The van der Waals surface area contributed by atoms with E-state index >= 15 is 0 Å². The van der Waals surface area contributed by atoms with Gasteiger partial charge in [-0.3, -0.25) is 9.78 Å². The fraction of sp³-hybridized carbons (Fsp3) is 0.600. The maximum absolute atomic E-state index is 12.7. The van der Waals surface area contributed by atoms with Crippen molar-refractivity contribution in [2.24, 2.45) is 0 Å². The van der Waals surface area contributed by atoms with Gasteiger partial charge in [0.25, 0.3) is 5.91 Å². The Morgan fingerprint density at radius 1 is 1.30 bits per heavy atom. The van der Waals surface area contributed by atoms with E-state index in [1.807, 2.05) is 25.1 Å². The molecule has 5 heteroatoms. The molecule has 1 aromatic rings. The van der Waals surface area contributed by atoms with Crippen molar-refractivity contribution in [2.75, 3.05) is 27.2 Å². The van der Waals surface area contributed by atoms with Gasteiger partial charge in [0.2, 0.25) is 0 Å². The smallest absolute Gasteiger partial charge is 0.255 e. The molecular formula is C15H22BrN3O. The number of likely N-dealkylation sites (N-methyl/N-ethyl adjacent to an activating group) is 1. The monoisotopic (exact) mass is 339 g/mol. The minimum atomic E-state index is 0.104. The maximum atomic E-state index is 12.7. The summed E-state index contributed by atoms with van der Waals surface area (Å²) in [4.78, 5) is 21.0. The number of halogens is 1. The Hall–Kier alpha value is -0.940. The second-order valence-corrected chi connectivity index (χ2v) is 6.55. The molecule has 0 aromatic carbocycles. The molecule has 0 saturated heterocycles. The zero-order chi connectivity index (χ0) is 14.5. The van der Waals surface area contributed by atoms with E-state index in [1.54, 1.807) is 12.4 Å². The van der Waals surface area contributed by atoms with Crippen molar-refractivity contribution in [1.82, 2.24) is 14.8 Å². The van der Waals surface area contributed by atoms with Gasteiger partial charge in [0.15, 0.2) is 0 Å². The molecule has 1 aliphatic carbocycles. The van der Waals surface area contributed by atoms with Crippen LogP contribution in [-0.2, 0) is 0 Å². The van der Waals surface area contributed by atoms with E-state index in [4.69, 9.17) is 0 Å². The molecule has 0 aliphatic heterocycles. The second kappa shape index (κ2) is 7.18.